The molecule has 7 heteroatoms. The number of anilines is 1. The Hall–Kier alpha value is -2.18. The molecule has 1 aromatic rings. The van der Waals surface area contributed by atoms with Gasteiger partial charge in [0.25, 0.3) is 0 Å². The van der Waals surface area contributed by atoms with Crippen molar-refractivity contribution >= 4 is 17.6 Å². The van der Waals surface area contributed by atoms with E-state index in [0.29, 0.717) is 25.5 Å². The third kappa shape index (κ3) is 5.80. The summed E-state index contributed by atoms with van der Waals surface area (Å²) >= 11 is 0. The summed E-state index contributed by atoms with van der Waals surface area (Å²) in [6.07, 6.45) is 1.29. The van der Waals surface area contributed by atoms with Crippen LogP contribution in [0.25, 0.3) is 0 Å². The Kier molecular flexibility index (Phi) is 5.72. The molecular formula is C12H15F2N3O2. The highest BCUT2D eigenvalue weighted by Crippen LogP contribution is 2.15. The third-order valence-corrected chi connectivity index (χ3v) is 2.34. The lowest BCUT2D eigenvalue weighted by Gasteiger charge is -2.06. The molecule has 1 aromatic carbocycles. The highest BCUT2D eigenvalue weighted by atomic mass is 19.1. The molecule has 0 saturated carbocycles. The van der Waals surface area contributed by atoms with Crippen LogP contribution in [-0.4, -0.2) is 18.5 Å². The summed E-state index contributed by atoms with van der Waals surface area (Å²) in [7, 11) is 0. The fraction of sp³-hybridized carbons (Fsp3) is 0.333. The van der Waals surface area contributed by atoms with Crippen molar-refractivity contribution in [3.63, 3.8) is 0 Å². The minimum Gasteiger partial charge on any atom is -0.352 e. The quantitative estimate of drug-likeness (QED) is 0.688. The number of hydrogen-bond acceptors (Lipinski definition) is 2. The highest BCUT2D eigenvalue weighted by Gasteiger charge is 2.07. The topological polar surface area (TPSA) is 84.2 Å². The van der Waals surface area contributed by atoms with Gasteiger partial charge < -0.3 is 16.4 Å². The standard InChI is InChI=1S/C12H15F2N3O2/c13-8-4-5-10(9(14)7-8)17-11(18)3-1-2-6-16-12(15)19/h4-5,7H,1-3,6H2,(H,17,18)(H3,15,16,19). The van der Waals surface area contributed by atoms with Gasteiger partial charge in [-0.1, -0.05) is 0 Å². The maximum atomic E-state index is 13.2. The van der Waals surface area contributed by atoms with E-state index in [2.05, 4.69) is 10.6 Å². The second-order valence-electron chi connectivity index (χ2n) is 3.92. The molecule has 104 valence electrons. The molecule has 0 spiro atoms. The SMILES string of the molecule is NC(=O)NCCCCC(=O)Nc1ccc(F)cc1F. The number of nitrogens with two attached hydrogens (primary N) is 1. The van der Waals surface area contributed by atoms with Crippen LogP contribution in [0.1, 0.15) is 19.3 Å². The molecule has 0 unspecified atom stereocenters. The molecule has 0 bridgehead atoms. The number of amides is 3. The highest BCUT2D eigenvalue weighted by molar-refractivity contribution is 5.90. The second-order valence-corrected chi connectivity index (χ2v) is 3.92. The maximum Gasteiger partial charge on any atom is 0.312 e. The molecule has 3 amide bonds. The van der Waals surface area contributed by atoms with Gasteiger partial charge in [-0.15, -0.1) is 0 Å². The smallest absolute Gasteiger partial charge is 0.312 e. The molecule has 4 N–H and O–H groups in total. The number of primary amides is 1. The minimum absolute atomic E-state index is 0.0540. The van der Waals surface area contributed by atoms with Gasteiger partial charge >= 0.3 is 6.03 Å². The Morgan fingerprint density at radius 1 is 1.21 bits per heavy atom. The monoisotopic (exact) mass is 271 g/mol. The summed E-state index contributed by atoms with van der Waals surface area (Å²) in [4.78, 5) is 21.8. The van der Waals surface area contributed by atoms with E-state index in [1.165, 1.54) is 0 Å². The molecule has 5 nitrogen and oxygen atoms in total. The van der Waals surface area contributed by atoms with E-state index in [4.69, 9.17) is 5.73 Å². The maximum absolute atomic E-state index is 13.2. The van der Waals surface area contributed by atoms with E-state index < -0.39 is 17.7 Å². The minimum atomic E-state index is -0.816. The number of urea groups is 1. The molecule has 19 heavy (non-hydrogen) atoms. The van der Waals surface area contributed by atoms with Crippen LogP contribution < -0.4 is 16.4 Å². The number of nitrogens with one attached hydrogen (secondary N) is 2. The van der Waals surface area contributed by atoms with Crippen molar-refractivity contribution < 1.29 is 18.4 Å². The number of rotatable bonds is 6. The van der Waals surface area contributed by atoms with Gasteiger partial charge in [0.15, 0.2) is 0 Å². The zero-order valence-corrected chi connectivity index (χ0v) is 10.2. The predicted octanol–water partition coefficient (Wildman–Crippen LogP) is 1.74. The Balaban J connectivity index is 2.29. The van der Waals surface area contributed by atoms with Crippen LogP contribution in [-0.2, 0) is 4.79 Å². The van der Waals surface area contributed by atoms with Crippen molar-refractivity contribution in [2.75, 3.05) is 11.9 Å². The first-order valence-electron chi connectivity index (χ1n) is 5.77. The van der Waals surface area contributed by atoms with Crippen molar-refractivity contribution in [2.24, 2.45) is 5.73 Å². The first kappa shape index (κ1) is 14.9. The van der Waals surface area contributed by atoms with Crippen LogP contribution in [0.3, 0.4) is 0 Å². The Morgan fingerprint density at radius 3 is 2.58 bits per heavy atom. The van der Waals surface area contributed by atoms with Gasteiger partial charge in [0.1, 0.15) is 11.6 Å². The van der Waals surface area contributed by atoms with Crippen LogP contribution in [0.15, 0.2) is 18.2 Å². The van der Waals surface area contributed by atoms with Gasteiger partial charge in [0, 0.05) is 19.0 Å². The van der Waals surface area contributed by atoms with Crippen LogP contribution in [0, 0.1) is 11.6 Å². The van der Waals surface area contributed by atoms with Gasteiger partial charge in [-0.05, 0) is 25.0 Å². The largest absolute Gasteiger partial charge is 0.352 e. The number of hydrogen-bond donors (Lipinski definition) is 3. The van der Waals surface area contributed by atoms with Crippen molar-refractivity contribution in [1.29, 1.82) is 0 Å². The molecule has 0 fully saturated rings. The van der Waals surface area contributed by atoms with E-state index in [9.17, 15) is 18.4 Å². The first-order chi connectivity index (χ1) is 8.99. The number of carbonyl (C=O) groups is 2. The van der Waals surface area contributed by atoms with Gasteiger partial charge in [-0.3, -0.25) is 4.79 Å². The molecule has 0 aliphatic heterocycles. The van der Waals surface area contributed by atoms with E-state index in [1.54, 1.807) is 0 Å². The first-order valence-corrected chi connectivity index (χ1v) is 5.77. The molecule has 1 rings (SSSR count). The average Bonchev–Trinajstić information content (AvgIpc) is 2.32. The van der Waals surface area contributed by atoms with Crippen LogP contribution in [0.2, 0.25) is 0 Å². The molecular weight excluding hydrogens is 256 g/mol. The normalized spacial score (nSPS) is 10.0. The fourth-order valence-electron chi connectivity index (χ4n) is 1.43. The number of benzene rings is 1. The van der Waals surface area contributed by atoms with Crippen LogP contribution in [0.5, 0.6) is 0 Å². The lowest BCUT2D eigenvalue weighted by Crippen LogP contribution is -2.30. The van der Waals surface area contributed by atoms with Crippen molar-refractivity contribution in [1.82, 2.24) is 5.32 Å². The summed E-state index contributed by atoms with van der Waals surface area (Å²) < 4.78 is 25.9. The summed E-state index contributed by atoms with van der Waals surface area (Å²) in [5.74, 6) is -1.89. The van der Waals surface area contributed by atoms with E-state index in [0.717, 1.165) is 12.1 Å². The molecule has 0 radical (unpaired) electrons. The van der Waals surface area contributed by atoms with E-state index in [1.807, 2.05) is 0 Å². The zero-order valence-electron chi connectivity index (χ0n) is 10.2. The summed E-state index contributed by atoms with van der Waals surface area (Å²) in [5, 5.41) is 4.73. The Morgan fingerprint density at radius 2 is 1.95 bits per heavy atom. The van der Waals surface area contributed by atoms with Gasteiger partial charge in [0.05, 0.1) is 5.69 Å². The lowest BCUT2D eigenvalue weighted by atomic mass is 10.2. The predicted molar refractivity (Wildman–Crippen MR) is 66.4 cm³/mol. The summed E-state index contributed by atoms with van der Waals surface area (Å²) in [6, 6.07) is 2.32. The molecule has 0 heterocycles. The third-order valence-electron chi connectivity index (χ3n) is 2.34. The average molecular weight is 271 g/mol. The second kappa shape index (κ2) is 7.30. The molecule has 0 aliphatic carbocycles. The Labute approximate surface area is 109 Å². The lowest BCUT2D eigenvalue weighted by molar-refractivity contribution is -0.116. The van der Waals surface area contributed by atoms with Crippen molar-refractivity contribution in [3.8, 4) is 0 Å². The molecule has 0 aromatic heterocycles. The van der Waals surface area contributed by atoms with Gasteiger partial charge in [0.2, 0.25) is 5.91 Å². The summed E-state index contributed by atoms with van der Waals surface area (Å²) in [6.45, 7) is 0.382. The summed E-state index contributed by atoms with van der Waals surface area (Å²) in [5.41, 5.74) is 4.81. The molecule has 0 aliphatic rings. The fourth-order valence-corrected chi connectivity index (χ4v) is 1.43. The van der Waals surface area contributed by atoms with E-state index in [-0.39, 0.29) is 18.0 Å². The van der Waals surface area contributed by atoms with Crippen LogP contribution >= 0.6 is 0 Å². The number of unbranched alkanes of at least 4 members (excludes halogenated alkanes) is 1. The van der Waals surface area contributed by atoms with Crippen molar-refractivity contribution in [3.05, 3.63) is 29.8 Å². The van der Waals surface area contributed by atoms with Gasteiger partial charge in [-0.25, -0.2) is 13.6 Å². The van der Waals surface area contributed by atoms with Crippen LogP contribution in [0.4, 0.5) is 19.3 Å². The Bertz CT molecular complexity index is 466. The van der Waals surface area contributed by atoms with Crippen molar-refractivity contribution in [2.45, 2.75) is 19.3 Å². The zero-order chi connectivity index (χ0) is 14.3. The van der Waals surface area contributed by atoms with E-state index >= 15 is 0 Å². The van der Waals surface area contributed by atoms with Gasteiger partial charge in [-0.2, -0.15) is 0 Å². The number of carbonyl (C=O) groups excluding carboxylic acids is 2. The number of halogens is 2. The molecule has 0 atom stereocenters. The molecule has 0 saturated heterocycles.